The zero-order valence-corrected chi connectivity index (χ0v) is 17.8. The van der Waals surface area contributed by atoms with Crippen LogP contribution in [0.15, 0.2) is 54.6 Å². The van der Waals surface area contributed by atoms with Crippen molar-refractivity contribution in [3.8, 4) is 5.75 Å². The summed E-state index contributed by atoms with van der Waals surface area (Å²) in [6, 6.07) is 17.3. The monoisotopic (exact) mass is 422 g/mol. The zero-order chi connectivity index (χ0) is 21.5. The van der Waals surface area contributed by atoms with E-state index in [1.54, 1.807) is 18.2 Å². The standard InChI is InChI=1S/C24H30N4O3/c29-23(25-21-6-4-5-19(17-21)24(30)26-20-9-10-20)18-28-13-11-27(12-14-28)15-16-31-22-7-2-1-3-8-22/h1-8,17,20H,9-16,18H2,(H,25,29)(H,26,30). The van der Waals surface area contributed by atoms with Gasteiger partial charge in [0.25, 0.3) is 5.91 Å². The van der Waals surface area contributed by atoms with Gasteiger partial charge in [0.05, 0.1) is 6.54 Å². The van der Waals surface area contributed by atoms with E-state index in [1.807, 2.05) is 36.4 Å². The Morgan fingerprint density at radius 3 is 2.42 bits per heavy atom. The van der Waals surface area contributed by atoms with Crippen molar-refractivity contribution in [2.75, 3.05) is 51.2 Å². The van der Waals surface area contributed by atoms with E-state index < -0.39 is 0 Å². The van der Waals surface area contributed by atoms with Gasteiger partial charge in [-0.05, 0) is 43.2 Å². The lowest BCUT2D eigenvalue weighted by molar-refractivity contribution is -0.117. The number of rotatable bonds is 9. The molecule has 2 aromatic rings. The summed E-state index contributed by atoms with van der Waals surface area (Å²) in [5, 5.41) is 5.89. The molecule has 0 unspecified atom stereocenters. The number of nitrogens with one attached hydrogen (secondary N) is 2. The summed E-state index contributed by atoms with van der Waals surface area (Å²) in [6.07, 6.45) is 2.10. The van der Waals surface area contributed by atoms with Crippen LogP contribution in [0.4, 0.5) is 5.69 Å². The van der Waals surface area contributed by atoms with Crippen LogP contribution in [0.5, 0.6) is 5.75 Å². The Morgan fingerprint density at radius 2 is 1.68 bits per heavy atom. The Hall–Kier alpha value is -2.90. The fourth-order valence-corrected chi connectivity index (χ4v) is 3.62. The lowest BCUT2D eigenvalue weighted by Crippen LogP contribution is -2.49. The van der Waals surface area contributed by atoms with Crippen LogP contribution >= 0.6 is 0 Å². The van der Waals surface area contributed by atoms with Crippen molar-refractivity contribution < 1.29 is 14.3 Å². The molecule has 0 spiro atoms. The lowest BCUT2D eigenvalue weighted by atomic mass is 10.2. The van der Waals surface area contributed by atoms with Crippen LogP contribution in [0.3, 0.4) is 0 Å². The highest BCUT2D eigenvalue weighted by molar-refractivity contribution is 5.97. The number of amides is 2. The number of carbonyl (C=O) groups excluding carboxylic acids is 2. The second kappa shape index (κ2) is 10.4. The lowest BCUT2D eigenvalue weighted by Gasteiger charge is -2.34. The molecule has 0 atom stereocenters. The third kappa shape index (κ3) is 6.80. The molecular formula is C24H30N4O3. The summed E-state index contributed by atoms with van der Waals surface area (Å²) in [4.78, 5) is 29.2. The SMILES string of the molecule is O=C(CN1CCN(CCOc2ccccc2)CC1)Nc1cccc(C(=O)NC2CC2)c1. The number of benzene rings is 2. The summed E-state index contributed by atoms with van der Waals surface area (Å²) in [6.45, 7) is 5.43. The van der Waals surface area contributed by atoms with E-state index >= 15 is 0 Å². The van der Waals surface area contributed by atoms with E-state index in [4.69, 9.17) is 4.74 Å². The maximum Gasteiger partial charge on any atom is 0.251 e. The van der Waals surface area contributed by atoms with Gasteiger partial charge in [-0.3, -0.25) is 19.4 Å². The van der Waals surface area contributed by atoms with Gasteiger partial charge in [0.15, 0.2) is 0 Å². The van der Waals surface area contributed by atoms with E-state index in [-0.39, 0.29) is 11.8 Å². The number of piperazine rings is 1. The summed E-state index contributed by atoms with van der Waals surface area (Å²) in [5.74, 6) is 0.762. The van der Waals surface area contributed by atoms with E-state index in [0.717, 1.165) is 51.3 Å². The molecule has 0 bridgehead atoms. The quantitative estimate of drug-likeness (QED) is 0.648. The van der Waals surface area contributed by atoms with Crippen LogP contribution < -0.4 is 15.4 Å². The summed E-state index contributed by atoms with van der Waals surface area (Å²) < 4.78 is 5.77. The van der Waals surface area contributed by atoms with E-state index in [2.05, 4.69) is 20.4 Å². The van der Waals surface area contributed by atoms with Gasteiger partial charge in [-0.25, -0.2) is 0 Å². The summed E-state index contributed by atoms with van der Waals surface area (Å²) in [7, 11) is 0. The van der Waals surface area contributed by atoms with Crippen molar-refractivity contribution in [2.45, 2.75) is 18.9 Å². The smallest absolute Gasteiger partial charge is 0.251 e. The molecule has 2 amide bonds. The molecule has 2 fully saturated rings. The molecule has 2 aromatic carbocycles. The minimum absolute atomic E-state index is 0.0550. The first-order valence-electron chi connectivity index (χ1n) is 11.0. The summed E-state index contributed by atoms with van der Waals surface area (Å²) >= 11 is 0. The average Bonchev–Trinajstić information content (AvgIpc) is 3.60. The molecule has 31 heavy (non-hydrogen) atoms. The van der Waals surface area contributed by atoms with Crippen molar-refractivity contribution in [1.82, 2.24) is 15.1 Å². The number of carbonyl (C=O) groups is 2. The van der Waals surface area contributed by atoms with Crippen LogP contribution in [-0.4, -0.2) is 73.5 Å². The molecule has 1 heterocycles. The second-order valence-electron chi connectivity index (χ2n) is 8.16. The number of hydrogen-bond acceptors (Lipinski definition) is 5. The highest BCUT2D eigenvalue weighted by atomic mass is 16.5. The highest BCUT2D eigenvalue weighted by Crippen LogP contribution is 2.20. The fraction of sp³-hybridized carbons (Fsp3) is 0.417. The van der Waals surface area contributed by atoms with Crippen LogP contribution in [0.1, 0.15) is 23.2 Å². The predicted molar refractivity (Wildman–Crippen MR) is 120 cm³/mol. The number of hydrogen-bond donors (Lipinski definition) is 2. The first-order valence-corrected chi connectivity index (χ1v) is 11.0. The van der Waals surface area contributed by atoms with E-state index in [9.17, 15) is 9.59 Å². The van der Waals surface area contributed by atoms with Gasteiger partial charge in [-0.1, -0.05) is 24.3 Å². The maximum atomic E-state index is 12.5. The number of nitrogens with zero attached hydrogens (tertiary/aromatic N) is 2. The van der Waals surface area contributed by atoms with Crippen molar-refractivity contribution in [3.63, 3.8) is 0 Å². The first kappa shape index (κ1) is 21.3. The van der Waals surface area contributed by atoms with Gasteiger partial charge in [-0.15, -0.1) is 0 Å². The van der Waals surface area contributed by atoms with Gasteiger partial charge in [0.2, 0.25) is 5.91 Å². The van der Waals surface area contributed by atoms with Gasteiger partial charge in [0.1, 0.15) is 12.4 Å². The van der Waals surface area contributed by atoms with Crippen molar-refractivity contribution in [3.05, 3.63) is 60.2 Å². The largest absolute Gasteiger partial charge is 0.492 e. The Morgan fingerprint density at radius 1 is 0.935 bits per heavy atom. The molecule has 7 heteroatoms. The van der Waals surface area contributed by atoms with Crippen molar-refractivity contribution >= 4 is 17.5 Å². The molecule has 1 aliphatic heterocycles. The molecule has 2 N–H and O–H groups in total. The number of ether oxygens (including phenoxy) is 1. The second-order valence-corrected chi connectivity index (χ2v) is 8.16. The molecule has 1 aliphatic carbocycles. The Balaban J connectivity index is 1.16. The van der Waals surface area contributed by atoms with Crippen LogP contribution in [0, 0.1) is 0 Å². The number of para-hydroxylation sites is 1. The van der Waals surface area contributed by atoms with Gasteiger partial charge in [0, 0.05) is 50.0 Å². The highest BCUT2D eigenvalue weighted by Gasteiger charge is 2.24. The first-order chi connectivity index (χ1) is 15.2. The Bertz CT molecular complexity index is 877. The zero-order valence-electron chi connectivity index (χ0n) is 17.8. The topological polar surface area (TPSA) is 73.9 Å². The Kier molecular flexibility index (Phi) is 7.17. The predicted octanol–water partition coefficient (Wildman–Crippen LogP) is 2.21. The Labute approximate surface area is 183 Å². The molecule has 2 aliphatic rings. The van der Waals surface area contributed by atoms with Crippen LogP contribution in [0.25, 0.3) is 0 Å². The molecular weight excluding hydrogens is 392 g/mol. The van der Waals surface area contributed by atoms with E-state index in [1.165, 1.54) is 0 Å². The third-order valence-corrected chi connectivity index (χ3v) is 5.57. The average molecular weight is 423 g/mol. The van der Waals surface area contributed by atoms with Gasteiger partial charge >= 0.3 is 0 Å². The van der Waals surface area contributed by atoms with Gasteiger partial charge in [-0.2, -0.15) is 0 Å². The van der Waals surface area contributed by atoms with Crippen molar-refractivity contribution in [2.24, 2.45) is 0 Å². The minimum atomic E-state index is -0.0778. The van der Waals surface area contributed by atoms with Gasteiger partial charge < -0.3 is 15.4 Å². The normalized spacial score (nSPS) is 17.2. The summed E-state index contributed by atoms with van der Waals surface area (Å²) in [5.41, 5.74) is 1.24. The van der Waals surface area contributed by atoms with Crippen molar-refractivity contribution in [1.29, 1.82) is 0 Å². The molecule has 0 aromatic heterocycles. The third-order valence-electron chi connectivity index (χ3n) is 5.57. The molecule has 4 rings (SSSR count). The van der Waals surface area contributed by atoms with Crippen LogP contribution in [-0.2, 0) is 4.79 Å². The van der Waals surface area contributed by atoms with Crippen LogP contribution in [0.2, 0.25) is 0 Å². The maximum absolute atomic E-state index is 12.5. The molecule has 1 saturated carbocycles. The molecule has 1 saturated heterocycles. The molecule has 7 nitrogen and oxygen atoms in total. The van der Waals surface area contributed by atoms with E-state index in [0.29, 0.717) is 30.4 Å². The minimum Gasteiger partial charge on any atom is -0.492 e. The fourth-order valence-electron chi connectivity index (χ4n) is 3.62. The number of anilines is 1. The molecule has 0 radical (unpaired) electrons. The molecule has 164 valence electrons.